The molecule has 2 heterocycles. The van der Waals surface area contributed by atoms with Crippen molar-refractivity contribution >= 4 is 5.97 Å². The molecule has 2 aromatic rings. The first-order chi connectivity index (χ1) is 14.7. The van der Waals surface area contributed by atoms with Crippen LogP contribution in [0.5, 0.6) is 0 Å². The van der Waals surface area contributed by atoms with Crippen LogP contribution in [-0.2, 0) is 35.1 Å². The van der Waals surface area contributed by atoms with Crippen molar-refractivity contribution in [3.8, 4) is 0 Å². The monoisotopic (exact) mass is 414 g/mol. The summed E-state index contributed by atoms with van der Waals surface area (Å²) in [5.74, 6) is -0.623. The highest BCUT2D eigenvalue weighted by atomic mass is 16.7. The Morgan fingerprint density at radius 3 is 2.47 bits per heavy atom. The van der Waals surface area contributed by atoms with E-state index in [1.54, 1.807) is 6.92 Å². The second kappa shape index (κ2) is 9.68. The fourth-order valence-corrected chi connectivity index (χ4v) is 3.75. The summed E-state index contributed by atoms with van der Waals surface area (Å²) in [5, 5.41) is 10.9. The van der Waals surface area contributed by atoms with Crippen molar-refractivity contribution in [3.05, 3.63) is 71.8 Å². The zero-order chi connectivity index (χ0) is 20.9. The maximum absolute atomic E-state index is 12.3. The summed E-state index contributed by atoms with van der Waals surface area (Å²) in [7, 11) is 0. The van der Waals surface area contributed by atoms with Gasteiger partial charge in [-0.1, -0.05) is 60.7 Å². The number of hydrogen-bond acceptors (Lipinski definition) is 7. The molecule has 0 aliphatic carbocycles. The molecule has 0 radical (unpaired) electrons. The number of carbonyl (C=O) groups excluding carboxylic acids is 1. The zero-order valence-corrected chi connectivity index (χ0v) is 16.8. The molecule has 160 valence electrons. The molecule has 6 atom stereocenters. The number of esters is 1. The van der Waals surface area contributed by atoms with Gasteiger partial charge in [0.1, 0.15) is 24.4 Å². The molecular weight excluding hydrogens is 388 g/mol. The lowest BCUT2D eigenvalue weighted by Crippen LogP contribution is -2.64. The Kier molecular flexibility index (Phi) is 6.76. The van der Waals surface area contributed by atoms with Crippen LogP contribution in [-0.4, -0.2) is 54.8 Å². The van der Waals surface area contributed by atoms with Crippen LogP contribution in [0.4, 0.5) is 0 Å². The van der Waals surface area contributed by atoms with Gasteiger partial charge in [0.25, 0.3) is 0 Å². The number of fused-ring (bicyclic) bond motifs is 1. The van der Waals surface area contributed by atoms with Gasteiger partial charge in [-0.05, 0) is 12.5 Å². The number of hydrogen-bond donors (Lipinski definition) is 1. The van der Waals surface area contributed by atoms with Crippen LogP contribution in [0.25, 0.3) is 0 Å². The molecular formula is C23H26O7. The lowest BCUT2D eigenvalue weighted by molar-refractivity contribution is -0.332. The van der Waals surface area contributed by atoms with Crippen molar-refractivity contribution in [2.24, 2.45) is 0 Å². The summed E-state index contributed by atoms with van der Waals surface area (Å²) in [6.07, 6.45) is -4.95. The number of rotatable bonds is 6. The molecule has 1 N–H and O–H groups in total. The largest absolute Gasteiger partial charge is 0.464 e. The molecule has 2 aliphatic heterocycles. The Balaban J connectivity index is 1.54. The van der Waals surface area contributed by atoms with Crippen molar-refractivity contribution in [3.63, 3.8) is 0 Å². The van der Waals surface area contributed by atoms with Gasteiger partial charge < -0.3 is 28.8 Å². The minimum absolute atomic E-state index is 0.193. The van der Waals surface area contributed by atoms with E-state index >= 15 is 0 Å². The van der Waals surface area contributed by atoms with Gasteiger partial charge in [-0.15, -0.1) is 0 Å². The highest BCUT2D eigenvalue weighted by Crippen LogP contribution is 2.35. The van der Waals surface area contributed by atoms with Crippen LogP contribution in [0.2, 0.25) is 0 Å². The standard InChI is InChI=1S/C23H26O7/c1-2-26-22(25)21-18(24)20(27-13-15-9-5-3-6-10-15)19-17(29-21)14-28-23(30-19)16-11-7-4-8-12-16/h3-12,17-21,23-24H,2,13-14H2,1H3/t17-,18?,19?,20-,21-,23?/m1/s1. The Morgan fingerprint density at radius 2 is 1.77 bits per heavy atom. The average Bonchev–Trinajstić information content (AvgIpc) is 2.79. The first kappa shape index (κ1) is 21.0. The summed E-state index contributed by atoms with van der Waals surface area (Å²) in [6.45, 7) is 2.37. The van der Waals surface area contributed by atoms with E-state index < -0.39 is 42.8 Å². The second-order valence-corrected chi connectivity index (χ2v) is 7.28. The lowest BCUT2D eigenvalue weighted by atomic mass is 9.93. The van der Waals surface area contributed by atoms with Crippen molar-refractivity contribution in [1.29, 1.82) is 0 Å². The summed E-state index contributed by atoms with van der Waals surface area (Å²) in [4.78, 5) is 12.3. The fourth-order valence-electron chi connectivity index (χ4n) is 3.75. The van der Waals surface area contributed by atoms with E-state index in [0.29, 0.717) is 0 Å². The van der Waals surface area contributed by atoms with Crippen molar-refractivity contribution in [2.45, 2.75) is 50.3 Å². The van der Waals surface area contributed by atoms with Gasteiger partial charge in [0.05, 0.1) is 19.8 Å². The highest BCUT2D eigenvalue weighted by Gasteiger charge is 2.52. The Morgan fingerprint density at radius 1 is 1.07 bits per heavy atom. The molecule has 0 bridgehead atoms. The summed E-state index contributed by atoms with van der Waals surface area (Å²) < 4.78 is 29.0. The average molecular weight is 414 g/mol. The second-order valence-electron chi connectivity index (χ2n) is 7.28. The van der Waals surface area contributed by atoms with Gasteiger partial charge in [-0.25, -0.2) is 4.79 Å². The van der Waals surface area contributed by atoms with Gasteiger partial charge in [-0.2, -0.15) is 0 Å². The van der Waals surface area contributed by atoms with Crippen molar-refractivity contribution < 1.29 is 33.6 Å². The van der Waals surface area contributed by atoms with E-state index in [4.69, 9.17) is 23.7 Å². The summed E-state index contributed by atoms with van der Waals surface area (Å²) in [5.41, 5.74) is 1.81. The summed E-state index contributed by atoms with van der Waals surface area (Å²) >= 11 is 0. The van der Waals surface area contributed by atoms with Crippen LogP contribution >= 0.6 is 0 Å². The molecule has 2 saturated heterocycles. The van der Waals surface area contributed by atoms with Gasteiger partial charge in [0.2, 0.25) is 0 Å². The van der Waals surface area contributed by atoms with E-state index in [1.165, 1.54) is 0 Å². The first-order valence-corrected chi connectivity index (χ1v) is 10.1. The maximum Gasteiger partial charge on any atom is 0.338 e. The van der Waals surface area contributed by atoms with Crippen molar-refractivity contribution in [2.75, 3.05) is 13.2 Å². The quantitative estimate of drug-likeness (QED) is 0.727. The van der Waals surface area contributed by atoms with Crippen LogP contribution in [0.1, 0.15) is 24.3 Å². The molecule has 7 nitrogen and oxygen atoms in total. The third-order valence-corrected chi connectivity index (χ3v) is 5.23. The lowest BCUT2D eigenvalue weighted by Gasteiger charge is -2.47. The number of ether oxygens (including phenoxy) is 5. The molecule has 2 aliphatic rings. The van der Waals surface area contributed by atoms with E-state index in [2.05, 4.69) is 0 Å². The minimum Gasteiger partial charge on any atom is -0.464 e. The van der Waals surface area contributed by atoms with E-state index in [-0.39, 0.29) is 19.8 Å². The topological polar surface area (TPSA) is 83.5 Å². The molecule has 4 rings (SSSR count). The highest BCUT2D eigenvalue weighted by molar-refractivity contribution is 5.75. The van der Waals surface area contributed by atoms with E-state index in [1.807, 2.05) is 60.7 Å². The fraction of sp³-hybridized carbons (Fsp3) is 0.435. The van der Waals surface area contributed by atoms with Crippen LogP contribution < -0.4 is 0 Å². The number of aliphatic hydroxyl groups excluding tert-OH is 1. The normalized spacial score (nSPS) is 31.0. The minimum atomic E-state index is -1.23. The van der Waals surface area contributed by atoms with Crippen molar-refractivity contribution in [1.82, 2.24) is 0 Å². The van der Waals surface area contributed by atoms with Gasteiger partial charge in [0.15, 0.2) is 12.4 Å². The van der Waals surface area contributed by atoms with Gasteiger partial charge in [-0.3, -0.25) is 0 Å². The molecule has 0 aromatic heterocycles. The van der Waals surface area contributed by atoms with Crippen LogP contribution in [0.15, 0.2) is 60.7 Å². The molecule has 0 amide bonds. The third kappa shape index (κ3) is 4.55. The first-order valence-electron chi connectivity index (χ1n) is 10.1. The number of benzene rings is 2. The van der Waals surface area contributed by atoms with E-state index in [0.717, 1.165) is 11.1 Å². The maximum atomic E-state index is 12.3. The summed E-state index contributed by atoms with van der Waals surface area (Å²) in [6, 6.07) is 19.2. The van der Waals surface area contributed by atoms with Gasteiger partial charge >= 0.3 is 5.97 Å². The smallest absolute Gasteiger partial charge is 0.338 e. The number of carbonyl (C=O) groups is 1. The SMILES string of the molecule is CCOC(=O)[C@@H]1O[C@@H]2COC(c3ccccc3)OC2[C@H](OCc2ccccc2)C1O. The van der Waals surface area contributed by atoms with E-state index in [9.17, 15) is 9.90 Å². The molecule has 0 spiro atoms. The third-order valence-electron chi connectivity index (χ3n) is 5.23. The molecule has 3 unspecified atom stereocenters. The number of aliphatic hydroxyl groups is 1. The van der Waals surface area contributed by atoms with Crippen LogP contribution in [0, 0.1) is 0 Å². The Labute approximate surface area is 175 Å². The van der Waals surface area contributed by atoms with Gasteiger partial charge in [0, 0.05) is 5.56 Å². The molecule has 2 aromatic carbocycles. The molecule has 0 saturated carbocycles. The zero-order valence-electron chi connectivity index (χ0n) is 16.8. The molecule has 2 fully saturated rings. The van der Waals surface area contributed by atoms with Crippen LogP contribution in [0.3, 0.4) is 0 Å². The predicted octanol–water partition coefficient (Wildman–Crippen LogP) is 2.38. The molecule has 7 heteroatoms. The predicted molar refractivity (Wildman–Crippen MR) is 106 cm³/mol. The molecule has 30 heavy (non-hydrogen) atoms. The Bertz CT molecular complexity index is 813. The Hall–Kier alpha value is -2.29.